The molecule has 1 heterocycles. The smallest absolute Gasteiger partial charge is 0.0401 e. The molecular weight excluding hydrogens is 276 g/mol. The Morgan fingerprint density at radius 1 is 1.47 bits per heavy atom. The number of nitrogens with zero attached hydrogens (tertiary/aromatic N) is 1. The molecule has 1 aliphatic heterocycles. The molecule has 1 unspecified atom stereocenters. The van der Waals surface area contributed by atoms with Crippen molar-refractivity contribution in [2.75, 3.05) is 18.0 Å². The Bertz CT molecular complexity index is 415. The summed E-state index contributed by atoms with van der Waals surface area (Å²) in [5.41, 5.74) is 8.70. The van der Waals surface area contributed by atoms with E-state index in [9.17, 15) is 0 Å². The highest BCUT2D eigenvalue weighted by Crippen LogP contribution is 2.38. The zero-order valence-corrected chi connectivity index (χ0v) is 12.4. The Kier molecular flexibility index (Phi) is 3.50. The minimum atomic E-state index is 0.211. The van der Waals surface area contributed by atoms with Gasteiger partial charge in [0.15, 0.2) is 0 Å². The van der Waals surface area contributed by atoms with Gasteiger partial charge in [-0.2, -0.15) is 0 Å². The molecule has 1 atom stereocenters. The molecule has 0 aromatic heterocycles. The molecular formula is C14H21BrN2. The molecule has 0 amide bonds. The van der Waals surface area contributed by atoms with Crippen molar-refractivity contribution < 1.29 is 0 Å². The van der Waals surface area contributed by atoms with E-state index in [0.717, 1.165) is 17.6 Å². The Morgan fingerprint density at radius 3 is 2.71 bits per heavy atom. The minimum absolute atomic E-state index is 0.211. The number of rotatable bonds is 2. The van der Waals surface area contributed by atoms with E-state index in [1.165, 1.54) is 17.7 Å². The number of nitrogens with two attached hydrogens (primary N) is 1. The van der Waals surface area contributed by atoms with Crippen LogP contribution >= 0.6 is 15.9 Å². The molecule has 2 rings (SSSR count). The van der Waals surface area contributed by atoms with E-state index < -0.39 is 0 Å². The van der Waals surface area contributed by atoms with E-state index in [-0.39, 0.29) is 5.54 Å². The fourth-order valence-corrected chi connectivity index (χ4v) is 3.37. The summed E-state index contributed by atoms with van der Waals surface area (Å²) in [6, 6.07) is 6.51. The predicted octanol–water partition coefficient (Wildman–Crippen LogP) is 3.32. The molecule has 1 aromatic carbocycles. The fourth-order valence-electron chi connectivity index (χ4n) is 2.89. The third-order valence-electron chi connectivity index (χ3n) is 3.74. The summed E-state index contributed by atoms with van der Waals surface area (Å²) in [5.74, 6) is 0.619. The van der Waals surface area contributed by atoms with Gasteiger partial charge in [-0.1, -0.05) is 15.9 Å². The maximum Gasteiger partial charge on any atom is 0.0401 e. The van der Waals surface area contributed by atoms with Crippen LogP contribution in [0.15, 0.2) is 22.7 Å². The summed E-state index contributed by atoms with van der Waals surface area (Å²) in [4.78, 5) is 2.51. The maximum atomic E-state index is 5.82. The number of benzene rings is 1. The normalized spacial score (nSPS) is 23.1. The maximum absolute atomic E-state index is 5.82. The monoisotopic (exact) mass is 296 g/mol. The lowest BCUT2D eigenvalue weighted by atomic mass is 9.96. The van der Waals surface area contributed by atoms with Crippen LogP contribution in [0.5, 0.6) is 0 Å². The van der Waals surface area contributed by atoms with Gasteiger partial charge in [0.1, 0.15) is 0 Å². The van der Waals surface area contributed by atoms with Crippen molar-refractivity contribution in [2.24, 2.45) is 11.7 Å². The van der Waals surface area contributed by atoms with Crippen molar-refractivity contribution in [1.82, 2.24) is 0 Å². The van der Waals surface area contributed by atoms with Crippen molar-refractivity contribution in [3.63, 3.8) is 0 Å². The molecule has 0 radical (unpaired) electrons. The van der Waals surface area contributed by atoms with Crippen LogP contribution in [-0.4, -0.2) is 18.6 Å². The van der Waals surface area contributed by atoms with Gasteiger partial charge in [0.25, 0.3) is 0 Å². The first kappa shape index (κ1) is 12.9. The van der Waals surface area contributed by atoms with Crippen molar-refractivity contribution in [2.45, 2.75) is 32.7 Å². The molecule has 0 saturated carbocycles. The molecule has 0 aliphatic carbocycles. The first-order chi connectivity index (χ1) is 7.94. The highest BCUT2D eigenvalue weighted by atomic mass is 79.9. The van der Waals surface area contributed by atoms with Gasteiger partial charge in [0, 0.05) is 22.2 Å². The second kappa shape index (κ2) is 4.62. The average Bonchev–Trinajstić information content (AvgIpc) is 2.54. The average molecular weight is 297 g/mol. The molecule has 17 heavy (non-hydrogen) atoms. The van der Waals surface area contributed by atoms with Gasteiger partial charge in [0.2, 0.25) is 0 Å². The van der Waals surface area contributed by atoms with Crippen LogP contribution in [0.4, 0.5) is 5.69 Å². The molecule has 1 saturated heterocycles. The van der Waals surface area contributed by atoms with Crippen molar-refractivity contribution >= 4 is 21.6 Å². The largest absolute Gasteiger partial charge is 0.366 e. The zero-order chi connectivity index (χ0) is 12.6. The first-order valence-electron chi connectivity index (χ1n) is 6.18. The molecule has 2 N–H and O–H groups in total. The summed E-state index contributed by atoms with van der Waals surface area (Å²) in [7, 11) is 0. The SMILES string of the molecule is Cc1cc(Br)ccc1N1CC(CN)CC1(C)C. The molecule has 3 heteroatoms. The van der Waals surface area contributed by atoms with Gasteiger partial charge < -0.3 is 10.6 Å². The van der Waals surface area contributed by atoms with Crippen LogP contribution in [0.3, 0.4) is 0 Å². The molecule has 1 aromatic rings. The molecule has 1 aliphatic rings. The summed E-state index contributed by atoms with van der Waals surface area (Å²) in [6.45, 7) is 8.65. The number of aryl methyl sites for hydroxylation is 1. The van der Waals surface area contributed by atoms with E-state index >= 15 is 0 Å². The summed E-state index contributed by atoms with van der Waals surface area (Å²) in [5, 5.41) is 0. The van der Waals surface area contributed by atoms with E-state index in [4.69, 9.17) is 5.73 Å². The summed E-state index contributed by atoms with van der Waals surface area (Å²) >= 11 is 3.52. The van der Waals surface area contributed by atoms with Crippen LogP contribution in [0.2, 0.25) is 0 Å². The van der Waals surface area contributed by atoms with E-state index in [2.05, 4.69) is 59.8 Å². The number of halogens is 1. The Morgan fingerprint density at radius 2 is 2.18 bits per heavy atom. The van der Waals surface area contributed by atoms with Crippen LogP contribution in [0, 0.1) is 12.8 Å². The van der Waals surface area contributed by atoms with E-state index in [1.54, 1.807) is 0 Å². The Hall–Kier alpha value is -0.540. The lowest BCUT2D eigenvalue weighted by Crippen LogP contribution is -2.38. The zero-order valence-electron chi connectivity index (χ0n) is 10.8. The van der Waals surface area contributed by atoms with E-state index in [0.29, 0.717) is 5.92 Å². The highest BCUT2D eigenvalue weighted by Gasteiger charge is 2.38. The van der Waals surface area contributed by atoms with Gasteiger partial charge in [0.05, 0.1) is 0 Å². The third kappa shape index (κ3) is 2.50. The second-order valence-electron chi connectivity index (χ2n) is 5.66. The van der Waals surface area contributed by atoms with Crippen molar-refractivity contribution in [3.05, 3.63) is 28.2 Å². The standard InChI is InChI=1S/C14H21BrN2/c1-10-6-12(15)4-5-13(10)17-9-11(8-16)7-14(17,2)3/h4-6,11H,7-9,16H2,1-3H3. The van der Waals surface area contributed by atoms with Crippen molar-refractivity contribution in [3.8, 4) is 0 Å². The second-order valence-corrected chi connectivity index (χ2v) is 6.58. The number of hydrogen-bond donors (Lipinski definition) is 1. The van der Waals surface area contributed by atoms with Crippen LogP contribution in [0.1, 0.15) is 25.8 Å². The van der Waals surface area contributed by atoms with Crippen LogP contribution < -0.4 is 10.6 Å². The van der Waals surface area contributed by atoms with Crippen LogP contribution in [0.25, 0.3) is 0 Å². The topological polar surface area (TPSA) is 29.3 Å². The van der Waals surface area contributed by atoms with Gasteiger partial charge in [-0.05, 0) is 63.4 Å². The minimum Gasteiger partial charge on any atom is -0.366 e. The Labute approximate surface area is 112 Å². The van der Waals surface area contributed by atoms with Crippen LogP contribution in [-0.2, 0) is 0 Å². The quantitative estimate of drug-likeness (QED) is 0.907. The van der Waals surface area contributed by atoms with Crippen molar-refractivity contribution in [1.29, 1.82) is 0 Å². The predicted molar refractivity (Wildman–Crippen MR) is 77.5 cm³/mol. The van der Waals surface area contributed by atoms with Gasteiger partial charge in [-0.25, -0.2) is 0 Å². The Balaban J connectivity index is 2.33. The summed E-state index contributed by atoms with van der Waals surface area (Å²) < 4.78 is 1.14. The highest BCUT2D eigenvalue weighted by molar-refractivity contribution is 9.10. The molecule has 2 nitrogen and oxygen atoms in total. The number of hydrogen-bond acceptors (Lipinski definition) is 2. The lowest BCUT2D eigenvalue weighted by molar-refractivity contribution is 0.476. The molecule has 1 fully saturated rings. The lowest BCUT2D eigenvalue weighted by Gasteiger charge is -2.34. The fraction of sp³-hybridized carbons (Fsp3) is 0.571. The first-order valence-corrected chi connectivity index (χ1v) is 6.97. The van der Waals surface area contributed by atoms with E-state index in [1.807, 2.05) is 0 Å². The molecule has 0 spiro atoms. The molecule has 94 valence electrons. The third-order valence-corrected chi connectivity index (χ3v) is 4.24. The van der Waals surface area contributed by atoms with Gasteiger partial charge in [-0.15, -0.1) is 0 Å². The molecule has 0 bridgehead atoms. The van der Waals surface area contributed by atoms with Gasteiger partial charge in [-0.3, -0.25) is 0 Å². The number of anilines is 1. The summed E-state index contributed by atoms with van der Waals surface area (Å²) in [6.07, 6.45) is 1.18. The van der Waals surface area contributed by atoms with Gasteiger partial charge >= 0.3 is 0 Å².